The fourth-order valence-electron chi connectivity index (χ4n) is 1.65. The van der Waals surface area contributed by atoms with Crippen LogP contribution in [0.5, 0.6) is 0 Å². The van der Waals surface area contributed by atoms with Crippen molar-refractivity contribution >= 4 is 32.6 Å². The molecule has 0 saturated carbocycles. The number of hydrogen-bond acceptors (Lipinski definition) is 7. The molecule has 24 heavy (non-hydrogen) atoms. The number of halogens is 1. The van der Waals surface area contributed by atoms with E-state index in [0.29, 0.717) is 38.8 Å². The predicted octanol–water partition coefficient (Wildman–Crippen LogP) is 2.07. The van der Waals surface area contributed by atoms with Crippen LogP contribution in [0.3, 0.4) is 0 Å². The minimum absolute atomic E-state index is 0. The fraction of sp³-hybridized carbons (Fsp3) is 1.00. The molecule has 0 atom stereocenters. The summed E-state index contributed by atoms with van der Waals surface area (Å²) in [6.07, 6.45) is 4.03. The zero-order valence-corrected chi connectivity index (χ0v) is 17.1. The van der Waals surface area contributed by atoms with Crippen LogP contribution in [-0.4, -0.2) is 54.6 Å². The summed E-state index contributed by atoms with van der Waals surface area (Å²) in [7, 11) is -6.77. The van der Waals surface area contributed by atoms with Crippen LogP contribution < -0.4 is 5.32 Å². The lowest BCUT2D eigenvalue weighted by atomic mass is 10.4. The number of hydrogen-bond donors (Lipinski definition) is 1. The van der Waals surface area contributed by atoms with Crippen molar-refractivity contribution < 1.29 is 25.2 Å². The first-order chi connectivity index (χ1) is 10.8. The van der Waals surface area contributed by atoms with Gasteiger partial charge < -0.3 is 5.32 Å². The molecule has 0 bridgehead atoms. The van der Waals surface area contributed by atoms with Crippen LogP contribution in [0.2, 0.25) is 0 Å². The maximum absolute atomic E-state index is 11.4. The summed E-state index contributed by atoms with van der Waals surface area (Å²) in [5.74, 6) is 0.140. The second-order valence-electron chi connectivity index (χ2n) is 5.33. The van der Waals surface area contributed by atoms with Gasteiger partial charge in [0.1, 0.15) is 0 Å². The van der Waals surface area contributed by atoms with E-state index in [0.717, 1.165) is 12.8 Å². The van der Waals surface area contributed by atoms with E-state index >= 15 is 0 Å². The first-order valence-corrected chi connectivity index (χ1v) is 11.4. The average Bonchev–Trinajstić information content (AvgIpc) is 2.49. The van der Waals surface area contributed by atoms with Crippen LogP contribution in [0.25, 0.3) is 0 Å². The van der Waals surface area contributed by atoms with E-state index in [1.165, 1.54) is 0 Å². The summed E-state index contributed by atoms with van der Waals surface area (Å²) >= 11 is 0. The Morgan fingerprint density at radius 1 is 0.708 bits per heavy atom. The number of unbranched alkanes of at least 4 members (excludes halogenated alkanes) is 2. The monoisotopic (exact) mass is 409 g/mol. The molecule has 0 unspecified atom stereocenters. The van der Waals surface area contributed by atoms with E-state index in [1.807, 2.05) is 13.8 Å². The van der Waals surface area contributed by atoms with Crippen molar-refractivity contribution in [1.82, 2.24) is 5.32 Å². The van der Waals surface area contributed by atoms with Crippen LogP contribution in [0, 0.1) is 0 Å². The van der Waals surface area contributed by atoms with Gasteiger partial charge in [0.05, 0.1) is 24.7 Å². The Morgan fingerprint density at radius 3 is 1.42 bits per heavy atom. The van der Waals surface area contributed by atoms with Gasteiger partial charge in [-0.3, -0.25) is 8.37 Å². The Balaban J connectivity index is 0. The first kappa shape index (κ1) is 26.3. The maximum atomic E-state index is 11.4. The Kier molecular flexibility index (Phi) is 16.8. The lowest BCUT2D eigenvalue weighted by Gasteiger charge is -2.07. The van der Waals surface area contributed by atoms with E-state index in [-0.39, 0.29) is 37.1 Å². The summed E-state index contributed by atoms with van der Waals surface area (Å²) in [6.45, 7) is 5.43. The van der Waals surface area contributed by atoms with Gasteiger partial charge in [0.15, 0.2) is 0 Å². The van der Waals surface area contributed by atoms with E-state index in [2.05, 4.69) is 5.32 Å². The van der Waals surface area contributed by atoms with Crippen molar-refractivity contribution in [3.63, 3.8) is 0 Å². The Bertz CT molecular complexity index is 437. The highest BCUT2D eigenvalue weighted by Crippen LogP contribution is 2.00. The molecule has 0 aromatic carbocycles. The van der Waals surface area contributed by atoms with Crippen molar-refractivity contribution in [2.75, 3.05) is 37.8 Å². The van der Waals surface area contributed by atoms with Gasteiger partial charge in [-0.05, 0) is 38.8 Å². The van der Waals surface area contributed by atoms with Gasteiger partial charge in [0.2, 0.25) is 0 Å². The second-order valence-corrected chi connectivity index (χ2v) is 8.85. The first-order valence-electron chi connectivity index (χ1n) is 8.28. The van der Waals surface area contributed by atoms with Crippen molar-refractivity contribution in [1.29, 1.82) is 0 Å². The molecule has 0 aromatic rings. The van der Waals surface area contributed by atoms with Crippen LogP contribution in [-0.2, 0) is 28.6 Å². The molecule has 0 rings (SSSR count). The maximum Gasteiger partial charge on any atom is 0.267 e. The van der Waals surface area contributed by atoms with Crippen LogP contribution >= 0.6 is 12.4 Å². The lowest BCUT2D eigenvalue weighted by molar-refractivity contribution is 0.300. The Morgan fingerprint density at radius 2 is 1.08 bits per heavy atom. The second kappa shape index (κ2) is 15.3. The normalized spacial score (nSPS) is 12.1. The van der Waals surface area contributed by atoms with Crippen LogP contribution in [0.4, 0.5) is 0 Å². The van der Waals surface area contributed by atoms with Crippen molar-refractivity contribution in [3.05, 3.63) is 0 Å². The molecule has 148 valence electrons. The molecule has 0 fully saturated rings. The minimum Gasteiger partial charge on any atom is -0.317 e. The van der Waals surface area contributed by atoms with Crippen molar-refractivity contribution in [2.45, 2.75) is 52.4 Å². The van der Waals surface area contributed by atoms with Crippen molar-refractivity contribution in [2.24, 2.45) is 0 Å². The molecule has 0 aliphatic heterocycles. The standard InChI is InChI=1S/C14H31NO6S2.ClH/c1-3-5-13-22(16,17)20-11-7-9-15-10-8-12-21-23(18,19)14-6-4-2;/h15H,3-14H2,1-2H3;1H. The van der Waals surface area contributed by atoms with Gasteiger partial charge in [-0.1, -0.05) is 26.7 Å². The molecule has 1 N–H and O–H groups in total. The van der Waals surface area contributed by atoms with Crippen LogP contribution in [0.1, 0.15) is 52.4 Å². The SMILES string of the molecule is CCCCS(=O)(=O)OCCCNCCCOS(=O)(=O)CCCC.Cl. The summed E-state index contributed by atoms with van der Waals surface area (Å²) in [5.41, 5.74) is 0. The molecular formula is C14H32ClNO6S2. The minimum atomic E-state index is -3.38. The third-order valence-corrected chi connectivity index (χ3v) is 5.65. The molecule has 0 aromatic heterocycles. The highest BCUT2D eigenvalue weighted by Gasteiger charge is 2.10. The van der Waals surface area contributed by atoms with E-state index in [1.54, 1.807) is 0 Å². The molecular weight excluding hydrogens is 378 g/mol. The van der Waals surface area contributed by atoms with Gasteiger partial charge in [0, 0.05) is 0 Å². The summed E-state index contributed by atoms with van der Waals surface area (Å²) in [6, 6.07) is 0. The zero-order chi connectivity index (χ0) is 17.6. The molecule has 0 amide bonds. The lowest BCUT2D eigenvalue weighted by Crippen LogP contribution is -2.21. The summed E-state index contributed by atoms with van der Waals surface area (Å²) in [5, 5.41) is 3.09. The van der Waals surface area contributed by atoms with Gasteiger partial charge in [-0.25, -0.2) is 0 Å². The van der Waals surface area contributed by atoms with E-state index in [4.69, 9.17) is 8.37 Å². The Hall–Kier alpha value is 0.0700. The quantitative estimate of drug-likeness (QED) is 0.307. The zero-order valence-electron chi connectivity index (χ0n) is 14.7. The topological polar surface area (TPSA) is 98.8 Å². The summed E-state index contributed by atoms with van der Waals surface area (Å²) in [4.78, 5) is 0. The van der Waals surface area contributed by atoms with Crippen molar-refractivity contribution in [3.8, 4) is 0 Å². The fourth-order valence-corrected chi connectivity index (χ4v) is 3.91. The van der Waals surface area contributed by atoms with Gasteiger partial charge >= 0.3 is 0 Å². The Labute approximate surface area is 153 Å². The van der Waals surface area contributed by atoms with Gasteiger partial charge in [-0.15, -0.1) is 12.4 Å². The summed E-state index contributed by atoms with van der Waals surface area (Å²) < 4.78 is 55.4. The molecule has 0 aliphatic rings. The predicted molar refractivity (Wildman–Crippen MR) is 98.6 cm³/mol. The molecule has 0 radical (unpaired) electrons. The average molecular weight is 410 g/mol. The molecule has 0 aliphatic carbocycles. The van der Waals surface area contributed by atoms with E-state index < -0.39 is 20.2 Å². The third kappa shape index (κ3) is 16.9. The molecule has 7 nitrogen and oxygen atoms in total. The molecule has 0 saturated heterocycles. The van der Waals surface area contributed by atoms with Gasteiger partial charge in [-0.2, -0.15) is 16.8 Å². The molecule has 10 heteroatoms. The number of nitrogens with one attached hydrogen (secondary N) is 1. The van der Waals surface area contributed by atoms with E-state index in [9.17, 15) is 16.8 Å². The highest BCUT2D eigenvalue weighted by molar-refractivity contribution is 7.86. The van der Waals surface area contributed by atoms with Gasteiger partial charge in [0.25, 0.3) is 20.2 Å². The molecule has 0 heterocycles. The smallest absolute Gasteiger partial charge is 0.267 e. The third-order valence-electron chi connectivity index (χ3n) is 3.02. The molecule has 0 spiro atoms. The highest BCUT2D eigenvalue weighted by atomic mass is 35.5. The largest absolute Gasteiger partial charge is 0.317 e. The van der Waals surface area contributed by atoms with Crippen LogP contribution in [0.15, 0.2) is 0 Å². The number of rotatable bonds is 16.